The van der Waals surface area contributed by atoms with Crippen LogP contribution in [0.1, 0.15) is 34.1 Å². The van der Waals surface area contributed by atoms with Crippen molar-refractivity contribution < 1.29 is 5.11 Å². The molecule has 0 rings (SSSR count). The van der Waals surface area contributed by atoms with E-state index in [1.165, 1.54) is 0 Å². The van der Waals surface area contributed by atoms with Crippen molar-refractivity contribution in [2.24, 2.45) is 10.1 Å². The van der Waals surface area contributed by atoms with Crippen LogP contribution >= 0.6 is 0 Å². The molecule has 0 aliphatic heterocycles. The van der Waals surface area contributed by atoms with Gasteiger partial charge in [-0.15, -0.1) is 0 Å². The number of hydrogen-bond acceptors (Lipinski definition) is 3. The monoisotopic (exact) mass is 199 g/mol. The van der Waals surface area contributed by atoms with Crippen molar-refractivity contribution in [1.29, 1.82) is 0 Å². The molecule has 1 N–H and O–H groups in total. The number of nitrogens with zero attached hydrogens (tertiary/aromatic N) is 3. The van der Waals surface area contributed by atoms with Crippen LogP contribution < -0.4 is 0 Å². The average Bonchev–Trinajstić information content (AvgIpc) is 2.03. The first-order chi connectivity index (χ1) is 6.52. The lowest BCUT2D eigenvalue weighted by atomic mass is 10.2. The van der Waals surface area contributed by atoms with Crippen LogP contribution in [0.4, 0.5) is 0 Å². The summed E-state index contributed by atoms with van der Waals surface area (Å²) in [5, 5.41) is 15.0. The SMILES string of the molecule is C=NN(/C(CC(C)O)=N\CC)C(C)C. The van der Waals surface area contributed by atoms with E-state index in [0.29, 0.717) is 13.0 Å². The highest BCUT2D eigenvalue weighted by molar-refractivity contribution is 5.83. The molecule has 0 aromatic carbocycles. The zero-order valence-corrected chi connectivity index (χ0v) is 9.56. The number of hydrazone groups is 1. The molecule has 0 aromatic rings. The second-order valence-corrected chi connectivity index (χ2v) is 3.52. The fourth-order valence-electron chi connectivity index (χ4n) is 1.22. The molecule has 0 radical (unpaired) electrons. The van der Waals surface area contributed by atoms with E-state index in [2.05, 4.69) is 16.8 Å². The molecular formula is C10H21N3O. The van der Waals surface area contributed by atoms with Crippen LogP contribution in [0, 0.1) is 0 Å². The van der Waals surface area contributed by atoms with Gasteiger partial charge in [-0.1, -0.05) is 0 Å². The molecule has 0 aliphatic rings. The summed E-state index contributed by atoms with van der Waals surface area (Å²) in [6.45, 7) is 11.9. The number of aliphatic hydroxyl groups excluding tert-OH is 1. The summed E-state index contributed by atoms with van der Waals surface area (Å²) in [7, 11) is 0. The molecule has 0 fully saturated rings. The third-order valence-corrected chi connectivity index (χ3v) is 1.72. The van der Waals surface area contributed by atoms with Gasteiger partial charge in [0, 0.05) is 25.7 Å². The largest absolute Gasteiger partial charge is 0.393 e. The van der Waals surface area contributed by atoms with Gasteiger partial charge in [0.05, 0.1) is 6.10 Å². The summed E-state index contributed by atoms with van der Waals surface area (Å²) in [6.07, 6.45) is 0.119. The quantitative estimate of drug-likeness (QED) is 0.414. The second kappa shape index (κ2) is 6.54. The van der Waals surface area contributed by atoms with Gasteiger partial charge in [-0.2, -0.15) is 5.10 Å². The molecule has 0 saturated carbocycles. The van der Waals surface area contributed by atoms with Gasteiger partial charge < -0.3 is 5.11 Å². The van der Waals surface area contributed by atoms with Crippen molar-refractivity contribution in [1.82, 2.24) is 5.01 Å². The van der Waals surface area contributed by atoms with E-state index in [0.717, 1.165) is 5.84 Å². The minimum Gasteiger partial charge on any atom is -0.393 e. The standard InChI is InChI=1S/C10H21N3O/c1-6-12-10(7-9(4)14)13(11-5)8(2)3/h8-9,14H,5-7H2,1-4H3/b12-10-. The van der Waals surface area contributed by atoms with E-state index in [1.807, 2.05) is 20.8 Å². The predicted molar refractivity (Wildman–Crippen MR) is 60.8 cm³/mol. The molecule has 0 saturated heterocycles. The first-order valence-corrected chi connectivity index (χ1v) is 5.00. The Morgan fingerprint density at radius 2 is 2.00 bits per heavy atom. The Bertz CT molecular complexity index is 200. The van der Waals surface area contributed by atoms with Crippen molar-refractivity contribution in [3.8, 4) is 0 Å². The number of rotatable bonds is 5. The van der Waals surface area contributed by atoms with Gasteiger partial charge in [0.15, 0.2) is 0 Å². The molecule has 82 valence electrons. The Kier molecular flexibility index (Phi) is 6.12. The molecule has 0 amide bonds. The lowest BCUT2D eigenvalue weighted by Crippen LogP contribution is -2.34. The van der Waals surface area contributed by atoms with E-state index >= 15 is 0 Å². The first kappa shape index (κ1) is 13.1. The van der Waals surface area contributed by atoms with Crippen LogP contribution in [0.5, 0.6) is 0 Å². The van der Waals surface area contributed by atoms with Gasteiger partial charge >= 0.3 is 0 Å². The summed E-state index contributed by atoms with van der Waals surface area (Å²) in [5.41, 5.74) is 0. The highest BCUT2D eigenvalue weighted by Gasteiger charge is 2.14. The maximum Gasteiger partial charge on any atom is 0.122 e. The Balaban J connectivity index is 4.61. The third kappa shape index (κ3) is 4.37. The van der Waals surface area contributed by atoms with Gasteiger partial charge in [-0.3, -0.25) is 10.0 Å². The molecule has 0 bridgehead atoms. The first-order valence-electron chi connectivity index (χ1n) is 5.00. The zero-order chi connectivity index (χ0) is 11.1. The lowest BCUT2D eigenvalue weighted by molar-refractivity contribution is 0.196. The van der Waals surface area contributed by atoms with E-state index in [1.54, 1.807) is 11.9 Å². The normalized spacial score (nSPS) is 14.3. The van der Waals surface area contributed by atoms with Crippen LogP contribution in [0.15, 0.2) is 10.1 Å². The number of amidine groups is 1. The molecular weight excluding hydrogens is 178 g/mol. The van der Waals surface area contributed by atoms with E-state index in [4.69, 9.17) is 0 Å². The van der Waals surface area contributed by atoms with Crippen LogP contribution in [-0.4, -0.2) is 41.4 Å². The Morgan fingerprint density at radius 1 is 1.43 bits per heavy atom. The minimum atomic E-state index is -0.400. The highest BCUT2D eigenvalue weighted by atomic mass is 16.3. The predicted octanol–water partition coefficient (Wildman–Crippen LogP) is 1.50. The topological polar surface area (TPSA) is 48.2 Å². The van der Waals surface area contributed by atoms with Crippen molar-refractivity contribution in [3.63, 3.8) is 0 Å². The highest BCUT2D eigenvalue weighted by Crippen LogP contribution is 2.06. The van der Waals surface area contributed by atoms with Gasteiger partial charge in [0.2, 0.25) is 0 Å². The fraction of sp³-hybridized carbons (Fsp3) is 0.800. The molecule has 14 heavy (non-hydrogen) atoms. The Labute approximate surface area is 86.3 Å². The van der Waals surface area contributed by atoms with Crippen molar-refractivity contribution in [2.75, 3.05) is 6.54 Å². The summed E-state index contributed by atoms with van der Waals surface area (Å²) in [6, 6.07) is 0.219. The smallest absolute Gasteiger partial charge is 0.122 e. The van der Waals surface area contributed by atoms with E-state index in [-0.39, 0.29) is 6.04 Å². The van der Waals surface area contributed by atoms with Crippen molar-refractivity contribution >= 4 is 12.6 Å². The Morgan fingerprint density at radius 3 is 2.29 bits per heavy atom. The maximum atomic E-state index is 9.31. The zero-order valence-electron chi connectivity index (χ0n) is 9.56. The average molecular weight is 199 g/mol. The molecule has 1 atom stereocenters. The van der Waals surface area contributed by atoms with E-state index in [9.17, 15) is 5.11 Å². The maximum absolute atomic E-state index is 9.31. The van der Waals surface area contributed by atoms with Crippen LogP contribution in [-0.2, 0) is 0 Å². The number of aliphatic hydroxyl groups is 1. The van der Waals surface area contributed by atoms with Gasteiger partial charge in [-0.05, 0) is 27.7 Å². The van der Waals surface area contributed by atoms with Gasteiger partial charge in [0.25, 0.3) is 0 Å². The molecule has 0 heterocycles. The molecule has 0 spiro atoms. The molecule has 4 nitrogen and oxygen atoms in total. The van der Waals surface area contributed by atoms with Crippen molar-refractivity contribution in [3.05, 3.63) is 0 Å². The molecule has 1 unspecified atom stereocenters. The summed E-state index contributed by atoms with van der Waals surface area (Å²) in [5.74, 6) is 0.799. The van der Waals surface area contributed by atoms with Gasteiger partial charge in [0.1, 0.15) is 5.84 Å². The number of aliphatic imine (C=N–C) groups is 1. The molecule has 0 aliphatic carbocycles. The third-order valence-electron chi connectivity index (χ3n) is 1.72. The number of hydrogen-bond donors (Lipinski definition) is 1. The van der Waals surface area contributed by atoms with Crippen LogP contribution in [0.2, 0.25) is 0 Å². The molecule has 0 aromatic heterocycles. The van der Waals surface area contributed by atoms with Crippen LogP contribution in [0.25, 0.3) is 0 Å². The summed E-state index contributed by atoms with van der Waals surface area (Å²) in [4.78, 5) is 4.31. The summed E-state index contributed by atoms with van der Waals surface area (Å²) >= 11 is 0. The Hall–Kier alpha value is -0.900. The summed E-state index contributed by atoms with van der Waals surface area (Å²) < 4.78 is 0. The fourth-order valence-corrected chi connectivity index (χ4v) is 1.22. The van der Waals surface area contributed by atoms with Gasteiger partial charge in [-0.25, -0.2) is 0 Å². The minimum absolute atomic E-state index is 0.219. The van der Waals surface area contributed by atoms with Crippen LogP contribution in [0.3, 0.4) is 0 Å². The van der Waals surface area contributed by atoms with Crippen molar-refractivity contribution in [2.45, 2.75) is 46.3 Å². The lowest BCUT2D eigenvalue weighted by Gasteiger charge is -2.25. The molecule has 4 heteroatoms. The van der Waals surface area contributed by atoms with E-state index < -0.39 is 6.10 Å². The second-order valence-electron chi connectivity index (χ2n) is 3.52.